The summed E-state index contributed by atoms with van der Waals surface area (Å²) in [5.74, 6) is 1.02. The Balaban J connectivity index is 0.00000280. The van der Waals surface area contributed by atoms with Crippen LogP contribution in [0.25, 0.3) is 21.9 Å². The van der Waals surface area contributed by atoms with E-state index in [0.717, 1.165) is 22.7 Å². The number of fused-ring (bicyclic) bond motifs is 3. The number of hydrogen-bond acceptors (Lipinski definition) is 6. The van der Waals surface area contributed by atoms with Gasteiger partial charge in [0, 0.05) is 24.1 Å². The predicted molar refractivity (Wildman–Crippen MR) is 110 cm³/mol. The van der Waals surface area contributed by atoms with Gasteiger partial charge >= 0.3 is 0 Å². The van der Waals surface area contributed by atoms with Crippen molar-refractivity contribution in [1.82, 2.24) is 19.3 Å². The Morgan fingerprint density at radius 1 is 1.25 bits per heavy atom. The van der Waals surface area contributed by atoms with Crippen molar-refractivity contribution < 1.29 is 18.6 Å². The van der Waals surface area contributed by atoms with Crippen molar-refractivity contribution in [3.63, 3.8) is 0 Å². The first-order valence-electron chi connectivity index (χ1n) is 8.71. The Morgan fingerprint density at radius 3 is 2.57 bits per heavy atom. The van der Waals surface area contributed by atoms with Crippen molar-refractivity contribution in [1.29, 1.82) is 0 Å². The molecule has 3 aromatic rings. The highest BCUT2D eigenvalue weighted by atomic mass is 32.2. The van der Waals surface area contributed by atoms with E-state index in [1.54, 1.807) is 0 Å². The Labute approximate surface area is 164 Å². The molecule has 0 unspecified atom stereocenters. The number of imidazole rings is 1. The van der Waals surface area contributed by atoms with Crippen LogP contribution >= 0.6 is 0 Å². The highest BCUT2D eigenvalue weighted by molar-refractivity contribution is 7.88. The van der Waals surface area contributed by atoms with Crippen LogP contribution in [0.4, 0.5) is 5.82 Å². The molecule has 0 atom stereocenters. The molecule has 0 aliphatic heterocycles. The van der Waals surface area contributed by atoms with Crippen LogP contribution in [0.15, 0.2) is 24.3 Å². The van der Waals surface area contributed by atoms with Crippen LogP contribution in [0.2, 0.25) is 0 Å². The number of aromatic nitrogens is 3. The fourth-order valence-electron chi connectivity index (χ4n) is 3.31. The van der Waals surface area contributed by atoms with Crippen LogP contribution in [-0.4, -0.2) is 46.8 Å². The summed E-state index contributed by atoms with van der Waals surface area (Å²) in [7, 11) is -3.37. The van der Waals surface area contributed by atoms with Crippen molar-refractivity contribution in [2.45, 2.75) is 39.5 Å². The molecule has 0 spiro atoms. The summed E-state index contributed by atoms with van der Waals surface area (Å²) in [6.45, 7) is 6.78. The monoisotopic (exact) mass is 409 g/mol. The number of nitrogens with two attached hydrogens (primary N) is 1. The Kier molecular flexibility index (Phi) is 6.29. The number of para-hydroxylation sites is 1. The zero-order valence-electron chi connectivity index (χ0n) is 16.5. The third kappa shape index (κ3) is 4.58. The van der Waals surface area contributed by atoms with Crippen LogP contribution in [0, 0.1) is 0 Å². The lowest BCUT2D eigenvalue weighted by molar-refractivity contribution is 0.125. The Hall–Kier alpha value is -2.27. The molecule has 0 aliphatic rings. The Morgan fingerprint density at radius 2 is 1.93 bits per heavy atom. The van der Waals surface area contributed by atoms with Gasteiger partial charge in [0.2, 0.25) is 10.0 Å². The standard InChI is InChI=1S/C18H25N5O3S.H2O/c1-5-26-10-14-21-15-16(12-8-6-7-9-13(12)20-17(15)19)23(14)11-18(2,3)22-27(4,24)25;/h6-9,22H,5,10-11H2,1-4H3,(H2,19,20);1H2. The van der Waals surface area contributed by atoms with Crippen molar-refractivity contribution >= 4 is 37.8 Å². The quantitative estimate of drug-likeness (QED) is 0.600. The van der Waals surface area contributed by atoms with Crippen molar-refractivity contribution in [3.8, 4) is 0 Å². The van der Waals surface area contributed by atoms with E-state index in [4.69, 9.17) is 10.5 Å². The fraction of sp³-hybridized carbons (Fsp3) is 0.444. The van der Waals surface area contributed by atoms with Crippen molar-refractivity contribution in [2.24, 2.45) is 0 Å². The van der Waals surface area contributed by atoms with Gasteiger partial charge in [0.15, 0.2) is 5.82 Å². The molecule has 5 N–H and O–H groups in total. The second kappa shape index (κ2) is 8.00. The summed E-state index contributed by atoms with van der Waals surface area (Å²) < 4.78 is 33.8. The van der Waals surface area contributed by atoms with Crippen LogP contribution < -0.4 is 10.5 Å². The molecule has 0 fully saturated rings. The zero-order chi connectivity index (χ0) is 19.8. The molecule has 2 heterocycles. The lowest BCUT2D eigenvalue weighted by Gasteiger charge is -2.27. The number of hydrogen-bond donors (Lipinski definition) is 2. The molecule has 0 bridgehead atoms. The minimum atomic E-state index is -3.37. The van der Waals surface area contributed by atoms with Gasteiger partial charge in [0.05, 0.1) is 17.3 Å². The average Bonchev–Trinajstić information content (AvgIpc) is 2.89. The van der Waals surface area contributed by atoms with Crippen LogP contribution in [0.1, 0.15) is 26.6 Å². The van der Waals surface area contributed by atoms with E-state index in [0.29, 0.717) is 36.9 Å². The number of anilines is 1. The van der Waals surface area contributed by atoms with Gasteiger partial charge in [0.25, 0.3) is 0 Å². The van der Waals surface area contributed by atoms with Gasteiger partial charge in [-0.25, -0.2) is 23.1 Å². The highest BCUT2D eigenvalue weighted by Gasteiger charge is 2.26. The van der Waals surface area contributed by atoms with Gasteiger partial charge in [-0.15, -0.1) is 0 Å². The number of nitrogens with one attached hydrogen (secondary N) is 1. The number of sulfonamides is 1. The van der Waals surface area contributed by atoms with Crippen LogP contribution in [-0.2, 0) is 27.9 Å². The molecular formula is C18H27N5O4S. The average molecular weight is 410 g/mol. The minimum absolute atomic E-state index is 0. The molecule has 0 saturated heterocycles. The van der Waals surface area contributed by atoms with Gasteiger partial charge in [-0.3, -0.25) is 0 Å². The van der Waals surface area contributed by atoms with E-state index >= 15 is 0 Å². The molecule has 28 heavy (non-hydrogen) atoms. The predicted octanol–water partition coefficient (Wildman–Crippen LogP) is 1.21. The third-order valence-corrected chi connectivity index (χ3v) is 5.06. The molecule has 2 aromatic heterocycles. The largest absolute Gasteiger partial charge is 0.412 e. The summed E-state index contributed by atoms with van der Waals surface area (Å²) in [4.78, 5) is 9.10. The number of nitrogens with zero attached hydrogens (tertiary/aromatic N) is 3. The van der Waals surface area contributed by atoms with Gasteiger partial charge in [-0.2, -0.15) is 0 Å². The summed E-state index contributed by atoms with van der Waals surface area (Å²) in [6, 6.07) is 7.69. The molecule has 0 aliphatic carbocycles. The summed E-state index contributed by atoms with van der Waals surface area (Å²) in [6.07, 6.45) is 1.15. The van der Waals surface area contributed by atoms with Crippen molar-refractivity contribution in [3.05, 3.63) is 30.1 Å². The van der Waals surface area contributed by atoms with Gasteiger partial charge < -0.3 is 20.5 Å². The number of ether oxygens (including phenoxy) is 1. The number of pyridine rings is 1. The Bertz CT molecular complexity index is 1090. The van der Waals surface area contributed by atoms with E-state index in [2.05, 4.69) is 14.7 Å². The molecule has 9 nitrogen and oxygen atoms in total. The van der Waals surface area contributed by atoms with Gasteiger partial charge in [0.1, 0.15) is 17.9 Å². The number of benzene rings is 1. The topological polar surface area (TPSA) is 144 Å². The zero-order valence-corrected chi connectivity index (χ0v) is 17.3. The van der Waals surface area contributed by atoms with Crippen LogP contribution in [0.3, 0.4) is 0 Å². The maximum atomic E-state index is 11.8. The molecule has 0 saturated carbocycles. The lowest BCUT2D eigenvalue weighted by atomic mass is 10.1. The smallest absolute Gasteiger partial charge is 0.209 e. The SMILES string of the molecule is CCOCc1nc2c(N)nc3ccccc3c2n1CC(C)(C)NS(C)(=O)=O.O. The molecule has 10 heteroatoms. The lowest BCUT2D eigenvalue weighted by Crippen LogP contribution is -2.46. The van der Waals surface area contributed by atoms with Crippen molar-refractivity contribution in [2.75, 3.05) is 18.6 Å². The third-order valence-electron chi connectivity index (χ3n) is 4.14. The van der Waals surface area contributed by atoms with Gasteiger partial charge in [-0.1, -0.05) is 18.2 Å². The summed E-state index contributed by atoms with van der Waals surface area (Å²) >= 11 is 0. The minimum Gasteiger partial charge on any atom is -0.412 e. The van der Waals surface area contributed by atoms with E-state index < -0.39 is 15.6 Å². The fourth-order valence-corrected chi connectivity index (χ4v) is 4.38. The first-order valence-corrected chi connectivity index (χ1v) is 10.6. The molecule has 3 rings (SSSR count). The first-order chi connectivity index (χ1) is 12.6. The van der Waals surface area contributed by atoms with Crippen LogP contribution in [0.5, 0.6) is 0 Å². The number of nitrogen functional groups attached to an aromatic ring is 1. The maximum Gasteiger partial charge on any atom is 0.209 e. The summed E-state index contributed by atoms with van der Waals surface area (Å²) in [5.41, 5.74) is 7.61. The van der Waals surface area contributed by atoms with E-state index in [1.165, 1.54) is 0 Å². The second-order valence-corrected chi connectivity index (χ2v) is 8.97. The molecule has 154 valence electrons. The summed E-state index contributed by atoms with van der Waals surface area (Å²) in [5, 5.41) is 0.909. The van der Waals surface area contributed by atoms with E-state index in [9.17, 15) is 8.42 Å². The molecule has 0 radical (unpaired) electrons. The molecule has 0 amide bonds. The number of rotatable bonds is 7. The van der Waals surface area contributed by atoms with E-state index in [-0.39, 0.29) is 5.48 Å². The normalized spacial score (nSPS) is 12.4. The van der Waals surface area contributed by atoms with E-state index in [1.807, 2.05) is 49.6 Å². The molecular weight excluding hydrogens is 382 g/mol. The maximum absolute atomic E-state index is 11.8. The highest BCUT2D eigenvalue weighted by Crippen LogP contribution is 2.30. The van der Waals surface area contributed by atoms with Gasteiger partial charge in [-0.05, 0) is 26.8 Å². The second-order valence-electron chi connectivity index (χ2n) is 7.22. The first kappa shape index (κ1) is 22.0. The molecule has 1 aromatic carbocycles.